The minimum Gasteiger partial charge on any atom is -0.330 e. The third kappa shape index (κ3) is 2.80. The zero-order chi connectivity index (χ0) is 14.8. The second kappa shape index (κ2) is 5.88. The molecule has 110 valence electrons. The van der Waals surface area contributed by atoms with Gasteiger partial charge in [0.15, 0.2) is 0 Å². The number of nitrogens with zero attached hydrogens (tertiary/aromatic N) is 1. The molecular formula is C19H23NO. The summed E-state index contributed by atoms with van der Waals surface area (Å²) in [5.41, 5.74) is 5.84. The van der Waals surface area contributed by atoms with E-state index in [1.165, 1.54) is 41.5 Å². The predicted molar refractivity (Wildman–Crippen MR) is 85.6 cm³/mol. The molecule has 0 atom stereocenters. The highest BCUT2D eigenvalue weighted by Gasteiger charge is 2.26. The molecule has 0 aromatic heterocycles. The van der Waals surface area contributed by atoms with E-state index in [-0.39, 0.29) is 5.91 Å². The van der Waals surface area contributed by atoms with E-state index in [4.69, 9.17) is 0 Å². The Kier molecular flexibility index (Phi) is 3.96. The third-order valence-electron chi connectivity index (χ3n) is 4.74. The van der Waals surface area contributed by atoms with Gasteiger partial charge in [-0.25, -0.2) is 0 Å². The van der Waals surface area contributed by atoms with E-state index < -0.39 is 0 Å². The van der Waals surface area contributed by atoms with E-state index in [0.29, 0.717) is 0 Å². The maximum atomic E-state index is 12.8. The Morgan fingerprint density at radius 1 is 1.05 bits per heavy atom. The first-order valence-electron chi connectivity index (χ1n) is 7.91. The zero-order valence-corrected chi connectivity index (χ0v) is 12.8. The summed E-state index contributed by atoms with van der Waals surface area (Å²) in [5.74, 6) is 0.113. The van der Waals surface area contributed by atoms with Crippen LogP contribution in [0.2, 0.25) is 0 Å². The molecule has 21 heavy (non-hydrogen) atoms. The largest absolute Gasteiger partial charge is 0.330 e. The third-order valence-corrected chi connectivity index (χ3v) is 4.74. The van der Waals surface area contributed by atoms with Crippen molar-refractivity contribution in [2.75, 3.05) is 0 Å². The minimum atomic E-state index is 0.113. The van der Waals surface area contributed by atoms with Crippen molar-refractivity contribution in [2.24, 2.45) is 0 Å². The van der Waals surface area contributed by atoms with E-state index in [1.807, 2.05) is 17.0 Å². The fourth-order valence-electron chi connectivity index (χ4n) is 3.44. The SMILES string of the molecule is C=C(C(=O)N1Cc2ccccc2C1)C1=C(C)CCCCC1. The molecule has 1 aromatic carbocycles. The fourth-order valence-corrected chi connectivity index (χ4v) is 3.44. The molecule has 1 amide bonds. The van der Waals surface area contributed by atoms with Crippen molar-refractivity contribution in [2.45, 2.75) is 52.1 Å². The van der Waals surface area contributed by atoms with Gasteiger partial charge in [-0.2, -0.15) is 0 Å². The summed E-state index contributed by atoms with van der Waals surface area (Å²) in [7, 11) is 0. The van der Waals surface area contributed by atoms with Crippen LogP contribution in [0.4, 0.5) is 0 Å². The molecule has 0 N–H and O–H groups in total. The molecule has 2 heteroatoms. The fraction of sp³-hybridized carbons (Fsp3) is 0.421. The van der Waals surface area contributed by atoms with Gasteiger partial charge in [0.25, 0.3) is 5.91 Å². The van der Waals surface area contributed by atoms with Crippen molar-refractivity contribution >= 4 is 5.91 Å². The molecule has 0 saturated heterocycles. The number of carbonyl (C=O) groups excluding carboxylic acids is 1. The highest BCUT2D eigenvalue weighted by Crippen LogP contribution is 2.31. The first-order chi connectivity index (χ1) is 10.2. The molecule has 0 radical (unpaired) electrons. The van der Waals surface area contributed by atoms with Crippen molar-refractivity contribution in [3.63, 3.8) is 0 Å². The number of amides is 1. The number of carbonyl (C=O) groups is 1. The molecule has 1 heterocycles. The van der Waals surface area contributed by atoms with Crippen LogP contribution in [-0.2, 0) is 17.9 Å². The van der Waals surface area contributed by atoms with Gasteiger partial charge in [-0.05, 0) is 49.3 Å². The van der Waals surface area contributed by atoms with Crippen molar-refractivity contribution in [3.05, 3.63) is 58.7 Å². The van der Waals surface area contributed by atoms with Gasteiger partial charge >= 0.3 is 0 Å². The van der Waals surface area contributed by atoms with Crippen molar-refractivity contribution < 1.29 is 4.79 Å². The van der Waals surface area contributed by atoms with E-state index in [0.717, 1.165) is 31.5 Å². The molecule has 1 aliphatic carbocycles. The van der Waals surface area contributed by atoms with Crippen LogP contribution in [0.5, 0.6) is 0 Å². The predicted octanol–water partition coefficient (Wildman–Crippen LogP) is 4.37. The maximum Gasteiger partial charge on any atom is 0.254 e. The van der Waals surface area contributed by atoms with Crippen molar-refractivity contribution in [1.82, 2.24) is 4.90 Å². The summed E-state index contributed by atoms with van der Waals surface area (Å²) >= 11 is 0. The lowest BCUT2D eigenvalue weighted by atomic mass is 9.97. The first-order valence-corrected chi connectivity index (χ1v) is 7.91. The van der Waals surface area contributed by atoms with Gasteiger partial charge in [0, 0.05) is 18.7 Å². The van der Waals surface area contributed by atoms with Crippen LogP contribution in [-0.4, -0.2) is 10.8 Å². The molecule has 0 spiro atoms. The van der Waals surface area contributed by atoms with Gasteiger partial charge in [0.2, 0.25) is 0 Å². The van der Waals surface area contributed by atoms with Gasteiger partial charge < -0.3 is 4.90 Å². The second-order valence-electron chi connectivity index (χ2n) is 6.23. The summed E-state index contributed by atoms with van der Waals surface area (Å²) in [4.78, 5) is 14.7. The summed E-state index contributed by atoms with van der Waals surface area (Å²) < 4.78 is 0. The summed E-state index contributed by atoms with van der Waals surface area (Å²) in [6.07, 6.45) is 5.81. The van der Waals surface area contributed by atoms with Gasteiger partial charge in [-0.3, -0.25) is 4.79 Å². The Hall–Kier alpha value is -1.83. The lowest BCUT2D eigenvalue weighted by Gasteiger charge is -2.19. The van der Waals surface area contributed by atoms with Gasteiger partial charge in [-0.15, -0.1) is 0 Å². The van der Waals surface area contributed by atoms with Crippen LogP contribution < -0.4 is 0 Å². The van der Waals surface area contributed by atoms with Crippen molar-refractivity contribution in [1.29, 1.82) is 0 Å². The summed E-state index contributed by atoms with van der Waals surface area (Å²) in [6.45, 7) is 7.74. The molecule has 2 nitrogen and oxygen atoms in total. The number of allylic oxidation sites excluding steroid dienone is 1. The van der Waals surface area contributed by atoms with Crippen LogP contribution in [0, 0.1) is 0 Å². The molecule has 0 saturated carbocycles. The quantitative estimate of drug-likeness (QED) is 0.737. The number of hydrogen-bond donors (Lipinski definition) is 0. The summed E-state index contributed by atoms with van der Waals surface area (Å²) in [6, 6.07) is 8.31. The minimum absolute atomic E-state index is 0.113. The summed E-state index contributed by atoms with van der Waals surface area (Å²) in [5, 5.41) is 0. The van der Waals surface area contributed by atoms with Crippen LogP contribution in [0.1, 0.15) is 50.2 Å². The van der Waals surface area contributed by atoms with Gasteiger partial charge in [0.05, 0.1) is 0 Å². The Morgan fingerprint density at radius 3 is 2.33 bits per heavy atom. The Bertz CT molecular complexity index is 587. The number of hydrogen-bond acceptors (Lipinski definition) is 1. The Labute approximate surface area is 127 Å². The molecule has 0 bridgehead atoms. The van der Waals surface area contributed by atoms with Crippen molar-refractivity contribution in [3.8, 4) is 0 Å². The molecule has 0 fully saturated rings. The normalized spacial score (nSPS) is 18.4. The lowest BCUT2D eigenvalue weighted by molar-refractivity contribution is -0.127. The first kappa shape index (κ1) is 14.1. The number of fused-ring (bicyclic) bond motifs is 1. The van der Waals surface area contributed by atoms with E-state index in [1.54, 1.807) is 0 Å². The topological polar surface area (TPSA) is 20.3 Å². The molecule has 1 aromatic rings. The van der Waals surface area contributed by atoms with E-state index in [2.05, 4.69) is 25.6 Å². The molecular weight excluding hydrogens is 258 g/mol. The molecule has 3 rings (SSSR count). The number of benzene rings is 1. The molecule has 1 aliphatic heterocycles. The molecule has 0 unspecified atom stereocenters. The van der Waals surface area contributed by atoms with E-state index in [9.17, 15) is 4.79 Å². The average Bonchev–Trinajstić information content (AvgIpc) is 2.81. The monoisotopic (exact) mass is 281 g/mol. The highest BCUT2D eigenvalue weighted by atomic mass is 16.2. The number of rotatable bonds is 2. The standard InChI is InChI=1S/C19H23NO/c1-14-8-4-3-5-11-18(14)15(2)19(21)20-12-16-9-6-7-10-17(16)13-20/h6-7,9-10H,2-5,8,11-13H2,1H3. The van der Waals surface area contributed by atoms with Gasteiger partial charge in [0.1, 0.15) is 0 Å². The van der Waals surface area contributed by atoms with Gasteiger partial charge in [-0.1, -0.05) is 42.8 Å². The van der Waals surface area contributed by atoms with Crippen LogP contribution in [0.15, 0.2) is 47.6 Å². The molecule has 2 aliphatic rings. The van der Waals surface area contributed by atoms with Crippen LogP contribution >= 0.6 is 0 Å². The lowest BCUT2D eigenvalue weighted by Crippen LogP contribution is -2.27. The van der Waals surface area contributed by atoms with E-state index >= 15 is 0 Å². The Balaban J connectivity index is 1.76. The second-order valence-corrected chi connectivity index (χ2v) is 6.23. The maximum absolute atomic E-state index is 12.8. The smallest absolute Gasteiger partial charge is 0.254 e. The van der Waals surface area contributed by atoms with Crippen LogP contribution in [0.3, 0.4) is 0 Å². The zero-order valence-electron chi connectivity index (χ0n) is 12.8. The average molecular weight is 281 g/mol. The Morgan fingerprint density at radius 2 is 1.67 bits per heavy atom. The van der Waals surface area contributed by atoms with Crippen LogP contribution in [0.25, 0.3) is 0 Å². The highest BCUT2D eigenvalue weighted by molar-refractivity contribution is 5.97.